The van der Waals surface area contributed by atoms with Crippen molar-refractivity contribution in [2.75, 3.05) is 17.6 Å². The van der Waals surface area contributed by atoms with Gasteiger partial charge in [-0.15, -0.1) is 11.8 Å². The van der Waals surface area contributed by atoms with Crippen molar-refractivity contribution >= 4 is 23.5 Å². The minimum absolute atomic E-state index is 0.256. The molecule has 23 heavy (non-hydrogen) atoms. The van der Waals surface area contributed by atoms with E-state index in [0.29, 0.717) is 12.3 Å². The summed E-state index contributed by atoms with van der Waals surface area (Å²) in [5.41, 5.74) is -1.12. The SMILES string of the molecule is O=C(NCCSc1ccccc1)Nc1ccccc1C(F)(F)F. The van der Waals surface area contributed by atoms with E-state index in [9.17, 15) is 18.0 Å². The Balaban J connectivity index is 1.81. The third-order valence-electron chi connectivity index (χ3n) is 2.88. The van der Waals surface area contributed by atoms with Gasteiger partial charge in [-0.1, -0.05) is 30.3 Å². The van der Waals surface area contributed by atoms with E-state index >= 15 is 0 Å². The summed E-state index contributed by atoms with van der Waals surface area (Å²) in [4.78, 5) is 12.8. The zero-order valence-electron chi connectivity index (χ0n) is 12.1. The molecule has 0 spiro atoms. The quantitative estimate of drug-likeness (QED) is 0.616. The first-order chi connectivity index (χ1) is 11.0. The normalized spacial score (nSPS) is 11.1. The lowest BCUT2D eigenvalue weighted by Gasteiger charge is -2.14. The molecule has 0 atom stereocenters. The number of thioether (sulfide) groups is 1. The molecule has 0 radical (unpaired) electrons. The molecule has 0 saturated heterocycles. The predicted molar refractivity (Wildman–Crippen MR) is 85.6 cm³/mol. The maximum absolute atomic E-state index is 12.8. The average molecular weight is 340 g/mol. The number of carbonyl (C=O) groups excluding carboxylic acids is 1. The summed E-state index contributed by atoms with van der Waals surface area (Å²) in [6.07, 6.45) is -4.51. The van der Waals surface area contributed by atoms with Crippen LogP contribution in [0.1, 0.15) is 5.56 Å². The molecule has 0 aliphatic carbocycles. The monoisotopic (exact) mass is 340 g/mol. The molecule has 2 aromatic carbocycles. The van der Waals surface area contributed by atoms with Gasteiger partial charge in [-0.05, 0) is 24.3 Å². The van der Waals surface area contributed by atoms with E-state index in [1.807, 2.05) is 30.3 Å². The molecule has 0 aliphatic heterocycles. The molecule has 2 rings (SSSR count). The van der Waals surface area contributed by atoms with Crippen molar-refractivity contribution in [3.8, 4) is 0 Å². The number of anilines is 1. The second kappa shape index (κ2) is 7.92. The van der Waals surface area contributed by atoms with Crippen molar-refractivity contribution < 1.29 is 18.0 Å². The van der Waals surface area contributed by atoms with Gasteiger partial charge in [-0.25, -0.2) is 4.79 Å². The lowest BCUT2D eigenvalue weighted by molar-refractivity contribution is -0.136. The van der Waals surface area contributed by atoms with E-state index in [-0.39, 0.29) is 5.69 Å². The predicted octanol–water partition coefficient (Wildman–Crippen LogP) is 4.62. The molecule has 0 heterocycles. The first-order valence-corrected chi connectivity index (χ1v) is 7.84. The average Bonchev–Trinajstić information content (AvgIpc) is 2.52. The highest BCUT2D eigenvalue weighted by Gasteiger charge is 2.33. The fourth-order valence-corrected chi connectivity index (χ4v) is 2.65. The van der Waals surface area contributed by atoms with Crippen molar-refractivity contribution in [2.24, 2.45) is 0 Å². The molecule has 0 unspecified atom stereocenters. The Morgan fingerprint density at radius 2 is 1.65 bits per heavy atom. The maximum Gasteiger partial charge on any atom is 0.418 e. The molecular formula is C16H15F3N2OS. The number of alkyl halides is 3. The Kier molecular flexibility index (Phi) is 5.92. The molecule has 0 fully saturated rings. The van der Waals surface area contributed by atoms with Crippen molar-refractivity contribution in [2.45, 2.75) is 11.1 Å². The summed E-state index contributed by atoms with van der Waals surface area (Å²) >= 11 is 1.55. The smallest absolute Gasteiger partial charge is 0.337 e. The number of para-hydroxylation sites is 1. The third kappa shape index (κ3) is 5.52. The van der Waals surface area contributed by atoms with Crippen LogP contribution in [-0.4, -0.2) is 18.3 Å². The van der Waals surface area contributed by atoms with E-state index in [1.165, 1.54) is 18.2 Å². The van der Waals surface area contributed by atoms with Gasteiger partial charge in [0.2, 0.25) is 0 Å². The summed E-state index contributed by atoms with van der Waals surface area (Å²) in [7, 11) is 0. The maximum atomic E-state index is 12.8. The van der Waals surface area contributed by atoms with Crippen LogP contribution >= 0.6 is 11.8 Å². The van der Waals surface area contributed by atoms with Crippen LogP contribution in [-0.2, 0) is 6.18 Å². The number of nitrogens with one attached hydrogen (secondary N) is 2. The Labute approximate surface area is 136 Å². The molecular weight excluding hydrogens is 325 g/mol. The number of amides is 2. The Bertz CT molecular complexity index is 647. The number of hydrogen-bond donors (Lipinski definition) is 2. The van der Waals surface area contributed by atoms with E-state index in [4.69, 9.17) is 0 Å². The van der Waals surface area contributed by atoms with Crippen molar-refractivity contribution in [3.63, 3.8) is 0 Å². The van der Waals surface area contributed by atoms with Crippen LogP contribution in [0.2, 0.25) is 0 Å². The molecule has 0 aromatic heterocycles. The van der Waals surface area contributed by atoms with Gasteiger partial charge in [0.15, 0.2) is 0 Å². The van der Waals surface area contributed by atoms with Crippen molar-refractivity contribution in [1.29, 1.82) is 0 Å². The van der Waals surface area contributed by atoms with Crippen LogP contribution in [0.5, 0.6) is 0 Å². The summed E-state index contributed by atoms with van der Waals surface area (Å²) < 4.78 is 38.5. The molecule has 0 aliphatic rings. The molecule has 0 bridgehead atoms. The standard InChI is InChI=1S/C16H15F3N2OS/c17-16(18,19)13-8-4-5-9-14(13)21-15(22)20-10-11-23-12-6-2-1-3-7-12/h1-9H,10-11H2,(H2,20,21,22). The summed E-state index contributed by atoms with van der Waals surface area (Å²) in [6.45, 7) is 0.347. The topological polar surface area (TPSA) is 41.1 Å². The minimum atomic E-state index is -4.51. The largest absolute Gasteiger partial charge is 0.418 e. The van der Waals surface area contributed by atoms with Gasteiger partial charge in [0.1, 0.15) is 0 Å². The molecule has 2 aromatic rings. The van der Waals surface area contributed by atoms with Crippen LogP contribution < -0.4 is 10.6 Å². The highest BCUT2D eigenvalue weighted by atomic mass is 32.2. The van der Waals surface area contributed by atoms with Gasteiger partial charge in [0.25, 0.3) is 0 Å². The second-order valence-electron chi connectivity index (χ2n) is 4.59. The van der Waals surface area contributed by atoms with Gasteiger partial charge in [-0.2, -0.15) is 13.2 Å². The van der Waals surface area contributed by atoms with E-state index in [1.54, 1.807) is 11.8 Å². The van der Waals surface area contributed by atoms with Crippen LogP contribution in [0.25, 0.3) is 0 Å². The van der Waals surface area contributed by atoms with Crippen LogP contribution in [0, 0.1) is 0 Å². The number of hydrogen-bond acceptors (Lipinski definition) is 2. The fraction of sp³-hybridized carbons (Fsp3) is 0.188. The lowest BCUT2D eigenvalue weighted by Crippen LogP contribution is -2.31. The number of carbonyl (C=O) groups is 1. The lowest BCUT2D eigenvalue weighted by atomic mass is 10.1. The molecule has 2 amide bonds. The van der Waals surface area contributed by atoms with Gasteiger partial charge in [-0.3, -0.25) is 0 Å². The first-order valence-electron chi connectivity index (χ1n) is 6.86. The summed E-state index contributed by atoms with van der Waals surface area (Å²) in [6, 6.07) is 13.9. The molecule has 0 saturated carbocycles. The van der Waals surface area contributed by atoms with Crippen molar-refractivity contribution in [3.05, 3.63) is 60.2 Å². The Morgan fingerprint density at radius 3 is 2.35 bits per heavy atom. The van der Waals surface area contributed by atoms with E-state index < -0.39 is 17.8 Å². The van der Waals surface area contributed by atoms with Gasteiger partial charge in [0, 0.05) is 17.2 Å². The fourth-order valence-electron chi connectivity index (χ4n) is 1.86. The first kappa shape index (κ1) is 17.2. The highest BCUT2D eigenvalue weighted by molar-refractivity contribution is 7.99. The van der Waals surface area contributed by atoms with Gasteiger partial charge in [0.05, 0.1) is 11.3 Å². The number of rotatable bonds is 5. The van der Waals surface area contributed by atoms with Crippen molar-refractivity contribution in [1.82, 2.24) is 5.32 Å². The third-order valence-corrected chi connectivity index (χ3v) is 3.89. The van der Waals surface area contributed by atoms with E-state index in [2.05, 4.69) is 10.6 Å². The Morgan fingerprint density at radius 1 is 1.00 bits per heavy atom. The minimum Gasteiger partial charge on any atom is -0.337 e. The van der Waals surface area contributed by atoms with E-state index in [0.717, 1.165) is 11.0 Å². The number of urea groups is 1. The van der Waals surface area contributed by atoms with Crippen LogP contribution in [0.15, 0.2) is 59.5 Å². The van der Waals surface area contributed by atoms with Crippen LogP contribution in [0.3, 0.4) is 0 Å². The molecule has 7 heteroatoms. The van der Waals surface area contributed by atoms with Gasteiger partial charge < -0.3 is 10.6 Å². The van der Waals surface area contributed by atoms with Crippen LogP contribution in [0.4, 0.5) is 23.7 Å². The zero-order valence-corrected chi connectivity index (χ0v) is 12.9. The highest BCUT2D eigenvalue weighted by Crippen LogP contribution is 2.34. The summed E-state index contributed by atoms with van der Waals surface area (Å²) in [5.74, 6) is 0.623. The Hall–Kier alpha value is -2.15. The molecule has 122 valence electrons. The molecule has 2 N–H and O–H groups in total. The number of halogens is 3. The summed E-state index contributed by atoms with van der Waals surface area (Å²) in [5, 5.41) is 4.78. The number of benzene rings is 2. The second-order valence-corrected chi connectivity index (χ2v) is 5.75. The van der Waals surface area contributed by atoms with Gasteiger partial charge >= 0.3 is 12.2 Å². The zero-order chi connectivity index (χ0) is 16.7. The molecule has 3 nitrogen and oxygen atoms in total.